The van der Waals surface area contributed by atoms with Crippen LogP contribution in [0.3, 0.4) is 0 Å². The van der Waals surface area contributed by atoms with Gasteiger partial charge in [0.15, 0.2) is 0 Å². The molecule has 1 saturated heterocycles. The van der Waals surface area contributed by atoms with Crippen LogP contribution in [0.25, 0.3) is 10.8 Å². The molecule has 1 aliphatic heterocycles. The van der Waals surface area contributed by atoms with E-state index < -0.39 is 0 Å². The molecule has 18 heavy (non-hydrogen) atoms. The number of methoxy groups -OCH3 is 1. The second-order valence-corrected chi connectivity index (χ2v) is 7.86. The van der Waals surface area contributed by atoms with Crippen molar-refractivity contribution in [2.24, 2.45) is 0 Å². The van der Waals surface area contributed by atoms with Gasteiger partial charge in [-0.15, -0.1) is 23.5 Å². The van der Waals surface area contributed by atoms with Crippen LogP contribution in [0.5, 0.6) is 5.75 Å². The third kappa shape index (κ3) is 2.10. The highest BCUT2D eigenvalue weighted by Gasteiger charge is 2.32. The molecule has 0 saturated carbocycles. The van der Waals surface area contributed by atoms with Gasteiger partial charge in [-0.1, -0.05) is 18.2 Å². The number of benzene rings is 2. The van der Waals surface area contributed by atoms with Crippen LogP contribution in [0.2, 0.25) is 0 Å². The molecule has 0 N–H and O–H groups in total. The molecular weight excluding hydrogens is 260 g/mol. The molecular formula is C15H16OS2. The summed E-state index contributed by atoms with van der Waals surface area (Å²) in [6.07, 6.45) is 0. The minimum Gasteiger partial charge on any atom is -0.497 e. The molecule has 1 nitrogen and oxygen atoms in total. The molecule has 3 rings (SSSR count). The lowest BCUT2D eigenvalue weighted by atomic mass is 10.0. The molecule has 1 fully saturated rings. The average molecular weight is 276 g/mol. The summed E-state index contributed by atoms with van der Waals surface area (Å²) in [5, 5.41) is 2.54. The molecule has 3 heteroatoms. The largest absolute Gasteiger partial charge is 0.497 e. The Bertz CT molecular complexity index is 574. The first-order valence-electron chi connectivity index (χ1n) is 6.07. The predicted molar refractivity (Wildman–Crippen MR) is 82.8 cm³/mol. The molecule has 0 unspecified atom stereocenters. The van der Waals surface area contributed by atoms with E-state index in [4.69, 9.17) is 4.74 Å². The van der Waals surface area contributed by atoms with Crippen LogP contribution < -0.4 is 4.74 Å². The topological polar surface area (TPSA) is 9.23 Å². The molecule has 0 aliphatic carbocycles. The van der Waals surface area contributed by atoms with E-state index in [9.17, 15) is 0 Å². The first-order valence-corrected chi connectivity index (χ1v) is 8.05. The molecule has 0 aromatic heterocycles. The van der Waals surface area contributed by atoms with E-state index in [1.807, 2.05) is 6.07 Å². The molecule has 0 amide bonds. The van der Waals surface area contributed by atoms with Gasteiger partial charge in [0, 0.05) is 11.5 Å². The van der Waals surface area contributed by atoms with Gasteiger partial charge in [0.1, 0.15) is 5.75 Å². The highest BCUT2D eigenvalue weighted by atomic mass is 32.2. The van der Waals surface area contributed by atoms with Crippen LogP contribution in [0, 0.1) is 0 Å². The van der Waals surface area contributed by atoms with Crippen molar-refractivity contribution in [3.05, 3.63) is 42.0 Å². The van der Waals surface area contributed by atoms with Crippen LogP contribution in [-0.2, 0) is 4.08 Å². The standard InChI is InChI=1S/C15H16OS2/c1-15(17-7-8-18-15)13-5-3-12-10-14(16-2)6-4-11(12)9-13/h3-6,9-10H,7-8H2,1-2H3. The van der Waals surface area contributed by atoms with Crippen molar-refractivity contribution in [3.8, 4) is 5.75 Å². The van der Waals surface area contributed by atoms with E-state index in [1.54, 1.807) is 7.11 Å². The van der Waals surface area contributed by atoms with E-state index in [1.165, 1.54) is 27.8 Å². The van der Waals surface area contributed by atoms with Gasteiger partial charge in [-0.2, -0.15) is 0 Å². The molecule has 0 atom stereocenters. The second kappa shape index (κ2) is 4.71. The molecule has 2 aromatic rings. The normalized spacial score (nSPS) is 18.1. The summed E-state index contributed by atoms with van der Waals surface area (Å²) in [5.74, 6) is 3.43. The maximum atomic E-state index is 5.26. The van der Waals surface area contributed by atoms with E-state index in [0.717, 1.165) is 5.75 Å². The summed E-state index contributed by atoms with van der Waals surface area (Å²) in [7, 11) is 1.71. The second-order valence-electron chi connectivity index (χ2n) is 4.57. The summed E-state index contributed by atoms with van der Waals surface area (Å²) in [6.45, 7) is 2.33. The van der Waals surface area contributed by atoms with Gasteiger partial charge >= 0.3 is 0 Å². The Kier molecular flexibility index (Phi) is 3.20. The monoisotopic (exact) mass is 276 g/mol. The number of fused-ring (bicyclic) bond motifs is 1. The fraction of sp³-hybridized carbons (Fsp3) is 0.333. The van der Waals surface area contributed by atoms with Gasteiger partial charge in [-0.3, -0.25) is 0 Å². The molecule has 1 aliphatic rings. The van der Waals surface area contributed by atoms with Gasteiger partial charge in [-0.05, 0) is 41.5 Å². The Balaban J connectivity index is 2.06. The van der Waals surface area contributed by atoms with E-state index in [0.29, 0.717) is 0 Å². The minimum atomic E-state index is 0.230. The molecule has 0 radical (unpaired) electrons. The number of hydrogen-bond acceptors (Lipinski definition) is 3. The molecule has 2 aromatic carbocycles. The summed E-state index contributed by atoms with van der Waals surface area (Å²) < 4.78 is 5.49. The summed E-state index contributed by atoms with van der Waals surface area (Å²) in [4.78, 5) is 0. The van der Waals surface area contributed by atoms with Gasteiger partial charge in [-0.25, -0.2) is 0 Å². The van der Waals surface area contributed by atoms with Crippen molar-refractivity contribution < 1.29 is 4.74 Å². The zero-order valence-corrected chi connectivity index (χ0v) is 12.2. The highest BCUT2D eigenvalue weighted by Crippen LogP contribution is 2.51. The first-order chi connectivity index (χ1) is 8.71. The fourth-order valence-electron chi connectivity index (χ4n) is 2.31. The fourth-order valence-corrected chi connectivity index (χ4v) is 5.18. The molecule has 1 heterocycles. The first kappa shape index (κ1) is 12.2. The van der Waals surface area contributed by atoms with Crippen molar-refractivity contribution in [2.45, 2.75) is 11.0 Å². The third-order valence-corrected chi connectivity index (χ3v) is 6.77. The number of ether oxygens (including phenoxy) is 1. The maximum absolute atomic E-state index is 5.26. The van der Waals surface area contributed by atoms with Gasteiger partial charge in [0.25, 0.3) is 0 Å². The Morgan fingerprint density at radius 3 is 2.39 bits per heavy atom. The Labute approximate surface area is 116 Å². The third-order valence-electron chi connectivity index (χ3n) is 3.41. The van der Waals surface area contributed by atoms with Gasteiger partial charge in [0.05, 0.1) is 11.2 Å². The Morgan fingerprint density at radius 1 is 1.00 bits per heavy atom. The van der Waals surface area contributed by atoms with Crippen molar-refractivity contribution >= 4 is 34.3 Å². The van der Waals surface area contributed by atoms with Crippen LogP contribution in [0.4, 0.5) is 0 Å². The van der Waals surface area contributed by atoms with Crippen molar-refractivity contribution in [1.29, 1.82) is 0 Å². The average Bonchev–Trinajstić information content (AvgIpc) is 2.85. The lowest BCUT2D eigenvalue weighted by Crippen LogP contribution is -2.07. The van der Waals surface area contributed by atoms with Crippen LogP contribution in [-0.4, -0.2) is 18.6 Å². The maximum Gasteiger partial charge on any atom is 0.119 e. The summed E-state index contributed by atoms with van der Waals surface area (Å²) in [6, 6.07) is 13.1. The lowest BCUT2D eigenvalue weighted by Gasteiger charge is -2.22. The zero-order valence-electron chi connectivity index (χ0n) is 10.6. The summed E-state index contributed by atoms with van der Waals surface area (Å²) in [5.41, 5.74) is 1.42. The molecule has 0 bridgehead atoms. The minimum absolute atomic E-state index is 0.230. The number of hydrogen-bond donors (Lipinski definition) is 0. The van der Waals surface area contributed by atoms with Crippen LogP contribution in [0.1, 0.15) is 12.5 Å². The molecule has 0 spiro atoms. The number of rotatable bonds is 2. The van der Waals surface area contributed by atoms with Gasteiger partial charge < -0.3 is 4.74 Å². The quantitative estimate of drug-likeness (QED) is 0.799. The van der Waals surface area contributed by atoms with Crippen LogP contribution >= 0.6 is 23.5 Å². The van der Waals surface area contributed by atoms with Crippen molar-refractivity contribution in [2.75, 3.05) is 18.6 Å². The van der Waals surface area contributed by atoms with Crippen molar-refractivity contribution in [3.63, 3.8) is 0 Å². The van der Waals surface area contributed by atoms with Crippen LogP contribution in [0.15, 0.2) is 36.4 Å². The SMILES string of the molecule is COc1ccc2cc(C3(C)SCCS3)ccc2c1. The Hall–Kier alpha value is -0.800. The number of thioether (sulfide) groups is 2. The molecule has 94 valence electrons. The highest BCUT2D eigenvalue weighted by molar-refractivity contribution is 8.20. The van der Waals surface area contributed by atoms with Crippen molar-refractivity contribution in [1.82, 2.24) is 0 Å². The van der Waals surface area contributed by atoms with E-state index in [2.05, 4.69) is 60.8 Å². The van der Waals surface area contributed by atoms with E-state index >= 15 is 0 Å². The van der Waals surface area contributed by atoms with Gasteiger partial charge in [0.2, 0.25) is 0 Å². The predicted octanol–water partition coefficient (Wildman–Crippen LogP) is 4.50. The summed E-state index contributed by atoms with van der Waals surface area (Å²) >= 11 is 4.10. The van der Waals surface area contributed by atoms with E-state index in [-0.39, 0.29) is 4.08 Å². The lowest BCUT2D eigenvalue weighted by molar-refractivity contribution is 0.415. The smallest absolute Gasteiger partial charge is 0.119 e. The zero-order chi connectivity index (χ0) is 12.6. The Morgan fingerprint density at radius 2 is 1.67 bits per heavy atom.